The third-order valence-corrected chi connectivity index (χ3v) is 3.51. The van der Waals surface area contributed by atoms with Crippen LogP contribution in [0.5, 0.6) is 5.75 Å². The Morgan fingerprint density at radius 2 is 2.06 bits per heavy atom. The molecule has 0 spiro atoms. The van der Waals surface area contributed by atoms with Crippen LogP contribution in [0.4, 0.5) is 0 Å². The van der Waals surface area contributed by atoms with E-state index in [9.17, 15) is 5.11 Å². The van der Waals surface area contributed by atoms with Crippen LogP contribution in [0, 0.1) is 0 Å². The van der Waals surface area contributed by atoms with Gasteiger partial charge in [0.15, 0.2) is 17.7 Å². The molecule has 3 rings (SSSR count). The minimum Gasteiger partial charge on any atom is -0.504 e. The molecule has 16 heavy (non-hydrogen) atoms. The predicted molar refractivity (Wildman–Crippen MR) is 60.0 cm³/mol. The molecule has 4 heteroatoms. The van der Waals surface area contributed by atoms with Gasteiger partial charge in [-0.15, -0.1) is 0 Å². The van der Waals surface area contributed by atoms with E-state index in [1.54, 1.807) is 0 Å². The maximum Gasteiger partial charge on any atom is 0.196 e. The minimum absolute atomic E-state index is 0.152. The van der Waals surface area contributed by atoms with E-state index in [4.69, 9.17) is 10.2 Å². The van der Waals surface area contributed by atoms with Crippen molar-refractivity contribution in [2.24, 2.45) is 5.73 Å². The molecule has 0 atom stereocenters. The molecule has 1 fully saturated rings. The first-order chi connectivity index (χ1) is 7.71. The number of fused-ring (bicyclic) bond motifs is 1. The summed E-state index contributed by atoms with van der Waals surface area (Å²) >= 11 is 0. The van der Waals surface area contributed by atoms with E-state index < -0.39 is 5.54 Å². The standard InChI is InChI=1S/C12H14N2O2/c13-12(5-1-2-6-12)8-3-4-9-11(10(8)15)16-7-14-9/h3-4,7,15H,1-2,5-6,13H2. The third-order valence-electron chi connectivity index (χ3n) is 3.51. The van der Waals surface area contributed by atoms with E-state index in [-0.39, 0.29) is 5.75 Å². The Labute approximate surface area is 93.1 Å². The van der Waals surface area contributed by atoms with E-state index in [1.165, 1.54) is 6.39 Å². The molecule has 1 aliphatic rings. The minimum atomic E-state index is -0.398. The summed E-state index contributed by atoms with van der Waals surface area (Å²) in [7, 11) is 0. The van der Waals surface area contributed by atoms with Gasteiger partial charge in [0, 0.05) is 11.1 Å². The average molecular weight is 218 g/mol. The highest BCUT2D eigenvalue weighted by atomic mass is 16.4. The Morgan fingerprint density at radius 1 is 1.31 bits per heavy atom. The van der Waals surface area contributed by atoms with Crippen molar-refractivity contribution in [3.05, 3.63) is 24.1 Å². The molecule has 1 aliphatic carbocycles. The molecular weight excluding hydrogens is 204 g/mol. The summed E-state index contributed by atoms with van der Waals surface area (Å²) in [5.74, 6) is 0.152. The van der Waals surface area contributed by atoms with E-state index in [1.807, 2.05) is 12.1 Å². The number of nitrogens with zero attached hydrogens (tertiary/aromatic N) is 1. The number of aromatic hydroxyl groups is 1. The topological polar surface area (TPSA) is 72.3 Å². The molecule has 2 aromatic rings. The van der Waals surface area contributed by atoms with E-state index >= 15 is 0 Å². The van der Waals surface area contributed by atoms with Crippen molar-refractivity contribution in [1.82, 2.24) is 4.98 Å². The molecule has 0 aliphatic heterocycles. The van der Waals surface area contributed by atoms with Crippen molar-refractivity contribution in [3.63, 3.8) is 0 Å². The zero-order valence-corrected chi connectivity index (χ0v) is 8.94. The van der Waals surface area contributed by atoms with Crippen LogP contribution in [0.2, 0.25) is 0 Å². The molecule has 4 nitrogen and oxygen atoms in total. The van der Waals surface area contributed by atoms with Gasteiger partial charge in [-0.2, -0.15) is 0 Å². The first-order valence-electron chi connectivity index (χ1n) is 5.55. The number of phenolic OH excluding ortho intramolecular Hbond substituents is 1. The van der Waals surface area contributed by atoms with E-state index in [2.05, 4.69) is 4.98 Å². The van der Waals surface area contributed by atoms with Crippen LogP contribution in [-0.4, -0.2) is 10.1 Å². The fraction of sp³-hybridized carbons (Fsp3) is 0.417. The van der Waals surface area contributed by atoms with Gasteiger partial charge in [-0.25, -0.2) is 4.98 Å². The van der Waals surface area contributed by atoms with Gasteiger partial charge < -0.3 is 15.3 Å². The Balaban J connectivity index is 2.19. The van der Waals surface area contributed by atoms with Gasteiger partial charge >= 0.3 is 0 Å². The molecule has 0 saturated heterocycles. The van der Waals surface area contributed by atoms with E-state index in [0.29, 0.717) is 11.1 Å². The smallest absolute Gasteiger partial charge is 0.196 e. The third kappa shape index (κ3) is 1.23. The van der Waals surface area contributed by atoms with Crippen LogP contribution in [0.25, 0.3) is 11.1 Å². The van der Waals surface area contributed by atoms with Gasteiger partial charge in [0.25, 0.3) is 0 Å². The van der Waals surface area contributed by atoms with Crippen molar-refractivity contribution in [1.29, 1.82) is 0 Å². The van der Waals surface area contributed by atoms with Crippen molar-refractivity contribution in [2.45, 2.75) is 31.2 Å². The average Bonchev–Trinajstić information content (AvgIpc) is 2.87. The quantitative estimate of drug-likeness (QED) is 0.770. The molecule has 84 valence electrons. The van der Waals surface area contributed by atoms with Crippen LogP contribution in [0.15, 0.2) is 22.9 Å². The van der Waals surface area contributed by atoms with Crippen LogP contribution in [-0.2, 0) is 5.54 Å². The number of hydrogen-bond acceptors (Lipinski definition) is 4. The molecule has 1 saturated carbocycles. The first-order valence-corrected chi connectivity index (χ1v) is 5.55. The van der Waals surface area contributed by atoms with Gasteiger partial charge in [0.2, 0.25) is 0 Å². The fourth-order valence-electron chi connectivity index (χ4n) is 2.59. The molecular formula is C12H14N2O2. The summed E-state index contributed by atoms with van der Waals surface area (Å²) in [4.78, 5) is 4.00. The Bertz CT molecular complexity index is 527. The second kappa shape index (κ2) is 3.22. The molecule has 1 aromatic carbocycles. The number of rotatable bonds is 1. The number of oxazole rings is 1. The Hall–Kier alpha value is -1.55. The summed E-state index contributed by atoms with van der Waals surface area (Å²) in [5.41, 5.74) is 7.82. The number of nitrogens with two attached hydrogens (primary N) is 1. The molecule has 3 N–H and O–H groups in total. The molecule has 1 heterocycles. The van der Waals surface area contributed by atoms with Crippen molar-refractivity contribution in [2.75, 3.05) is 0 Å². The summed E-state index contributed by atoms with van der Waals surface area (Å²) in [6.07, 6.45) is 5.40. The lowest BCUT2D eigenvalue weighted by molar-refractivity contribution is 0.406. The number of benzene rings is 1. The summed E-state index contributed by atoms with van der Waals surface area (Å²) in [6, 6.07) is 3.71. The summed E-state index contributed by atoms with van der Waals surface area (Å²) < 4.78 is 5.18. The largest absolute Gasteiger partial charge is 0.504 e. The Morgan fingerprint density at radius 3 is 2.81 bits per heavy atom. The zero-order valence-electron chi connectivity index (χ0n) is 8.94. The lowest BCUT2D eigenvalue weighted by Crippen LogP contribution is -2.33. The fourth-order valence-corrected chi connectivity index (χ4v) is 2.59. The summed E-state index contributed by atoms with van der Waals surface area (Å²) in [6.45, 7) is 0. The van der Waals surface area contributed by atoms with Crippen molar-refractivity contribution >= 4 is 11.1 Å². The Kier molecular flexibility index (Phi) is 1.94. The van der Waals surface area contributed by atoms with Gasteiger partial charge in [0.05, 0.1) is 0 Å². The maximum atomic E-state index is 10.2. The number of hydrogen-bond donors (Lipinski definition) is 2. The lowest BCUT2D eigenvalue weighted by Gasteiger charge is -2.24. The van der Waals surface area contributed by atoms with Gasteiger partial charge in [-0.3, -0.25) is 0 Å². The molecule has 0 radical (unpaired) electrons. The van der Waals surface area contributed by atoms with Gasteiger partial charge in [0.1, 0.15) is 5.52 Å². The first kappa shape index (κ1) is 9.66. The van der Waals surface area contributed by atoms with Crippen molar-refractivity contribution < 1.29 is 9.52 Å². The second-order valence-electron chi connectivity index (χ2n) is 4.53. The van der Waals surface area contributed by atoms with Crippen molar-refractivity contribution in [3.8, 4) is 5.75 Å². The predicted octanol–water partition coefficient (Wildman–Crippen LogP) is 2.26. The van der Waals surface area contributed by atoms with Crippen LogP contribution in [0.3, 0.4) is 0 Å². The molecule has 0 bridgehead atoms. The van der Waals surface area contributed by atoms with E-state index in [0.717, 1.165) is 31.2 Å². The highest BCUT2D eigenvalue weighted by Crippen LogP contribution is 2.42. The molecule has 1 aromatic heterocycles. The second-order valence-corrected chi connectivity index (χ2v) is 4.53. The normalized spacial score (nSPS) is 19.3. The zero-order chi connectivity index (χ0) is 11.2. The van der Waals surface area contributed by atoms with Crippen LogP contribution < -0.4 is 5.73 Å². The maximum absolute atomic E-state index is 10.2. The van der Waals surface area contributed by atoms with Gasteiger partial charge in [-0.1, -0.05) is 18.9 Å². The van der Waals surface area contributed by atoms with Crippen LogP contribution in [0.1, 0.15) is 31.2 Å². The molecule has 0 unspecified atom stereocenters. The van der Waals surface area contributed by atoms with Crippen LogP contribution >= 0.6 is 0 Å². The van der Waals surface area contributed by atoms with Gasteiger partial charge in [-0.05, 0) is 18.9 Å². The molecule has 0 amide bonds. The monoisotopic (exact) mass is 218 g/mol. The highest BCUT2D eigenvalue weighted by Gasteiger charge is 2.34. The summed E-state index contributed by atoms with van der Waals surface area (Å²) in [5, 5.41) is 10.2. The number of phenols is 1. The number of aromatic nitrogens is 1. The lowest BCUT2D eigenvalue weighted by atomic mass is 9.88. The SMILES string of the molecule is NC1(c2ccc3ncoc3c2O)CCCC1. The highest BCUT2D eigenvalue weighted by molar-refractivity contribution is 5.80.